The number of thioether (sulfide) groups is 1. The summed E-state index contributed by atoms with van der Waals surface area (Å²) in [5, 5.41) is 7.60. The Balaban J connectivity index is 1.60. The van der Waals surface area contributed by atoms with Crippen LogP contribution in [-0.2, 0) is 14.2 Å². The second-order valence-electron chi connectivity index (χ2n) is 7.99. The number of nitrogens with zero attached hydrogens (tertiary/aromatic N) is 3. The van der Waals surface area contributed by atoms with Crippen molar-refractivity contribution < 1.29 is 14.2 Å². The van der Waals surface area contributed by atoms with Gasteiger partial charge in [0.25, 0.3) is 0 Å². The average Bonchev–Trinajstić information content (AvgIpc) is 3.28. The van der Waals surface area contributed by atoms with Crippen molar-refractivity contribution in [3.05, 3.63) is 46.3 Å². The van der Waals surface area contributed by atoms with E-state index >= 15 is 0 Å². The molecule has 0 bridgehead atoms. The van der Waals surface area contributed by atoms with Gasteiger partial charge in [-0.1, -0.05) is 29.4 Å². The van der Waals surface area contributed by atoms with Crippen molar-refractivity contribution in [2.45, 2.75) is 28.9 Å². The Morgan fingerprint density at radius 2 is 2.29 bits per heavy atom. The van der Waals surface area contributed by atoms with Crippen LogP contribution in [0.5, 0.6) is 0 Å². The minimum Gasteiger partial charge on any atom is -0.396 e. The normalized spacial score (nSPS) is 23.9. The van der Waals surface area contributed by atoms with Crippen molar-refractivity contribution in [3.8, 4) is 0 Å². The summed E-state index contributed by atoms with van der Waals surface area (Å²) in [5.74, 6) is 6.45. The van der Waals surface area contributed by atoms with Crippen LogP contribution in [0, 0.1) is 0 Å². The summed E-state index contributed by atoms with van der Waals surface area (Å²) in [7, 11) is 1.63. The molecule has 0 aliphatic carbocycles. The minimum absolute atomic E-state index is 0.329. The quantitative estimate of drug-likeness (QED) is 0.303. The topological polar surface area (TPSA) is 147 Å². The van der Waals surface area contributed by atoms with E-state index in [0.29, 0.717) is 41.4 Å². The Morgan fingerprint density at radius 1 is 1.43 bits per heavy atom. The van der Waals surface area contributed by atoms with Gasteiger partial charge in [-0.3, -0.25) is 4.98 Å². The van der Waals surface area contributed by atoms with Crippen LogP contribution < -0.4 is 22.6 Å². The van der Waals surface area contributed by atoms with Crippen LogP contribution in [0.1, 0.15) is 17.8 Å². The Labute approximate surface area is 217 Å². The molecule has 2 unspecified atom stereocenters. The fraction of sp³-hybridized carbons (Fsp3) is 0.455. The van der Waals surface area contributed by atoms with E-state index in [-0.39, 0.29) is 6.04 Å². The van der Waals surface area contributed by atoms with E-state index in [1.807, 2.05) is 6.07 Å². The van der Waals surface area contributed by atoms with Crippen molar-refractivity contribution in [1.29, 1.82) is 0 Å². The van der Waals surface area contributed by atoms with Crippen LogP contribution in [-0.4, -0.2) is 72.6 Å². The van der Waals surface area contributed by atoms with Gasteiger partial charge >= 0.3 is 0 Å². The zero-order valence-electron chi connectivity index (χ0n) is 19.4. The number of ether oxygens (including phenoxy) is 3. The number of anilines is 1. The summed E-state index contributed by atoms with van der Waals surface area (Å²) in [6.45, 7) is 2.89. The van der Waals surface area contributed by atoms with Gasteiger partial charge in [0.15, 0.2) is 5.13 Å². The lowest BCUT2D eigenvalue weighted by molar-refractivity contribution is -0.103. The third-order valence-corrected chi connectivity index (χ3v) is 7.72. The highest BCUT2D eigenvalue weighted by atomic mass is 35.5. The second-order valence-corrected chi connectivity index (χ2v) is 10.5. The molecule has 0 radical (unpaired) electrons. The van der Waals surface area contributed by atoms with Crippen molar-refractivity contribution >= 4 is 51.1 Å². The lowest BCUT2D eigenvalue weighted by Crippen LogP contribution is -2.54. The fourth-order valence-corrected chi connectivity index (χ4v) is 6.01. The van der Waals surface area contributed by atoms with Gasteiger partial charge in [-0.15, -0.1) is 11.3 Å². The maximum Gasteiger partial charge on any atom is 0.180 e. The highest BCUT2D eigenvalue weighted by Crippen LogP contribution is 2.37. The first-order valence-corrected chi connectivity index (χ1v) is 13.3. The van der Waals surface area contributed by atoms with Gasteiger partial charge in [-0.25, -0.2) is 10.8 Å². The zero-order chi connectivity index (χ0) is 24.8. The number of nitrogen functional groups attached to an aromatic ring is 1. The van der Waals surface area contributed by atoms with Gasteiger partial charge in [0.1, 0.15) is 17.2 Å². The predicted molar refractivity (Wildman–Crippen MR) is 140 cm³/mol. The predicted octanol–water partition coefficient (Wildman–Crippen LogP) is 2.13. The van der Waals surface area contributed by atoms with E-state index in [1.165, 1.54) is 33.7 Å². The van der Waals surface area contributed by atoms with Crippen molar-refractivity contribution in [1.82, 2.24) is 20.3 Å². The molecule has 2 aliphatic rings. The Bertz CT molecular complexity index is 1070. The Morgan fingerprint density at radius 3 is 3.00 bits per heavy atom. The lowest BCUT2D eigenvalue weighted by Gasteiger charge is -2.38. The van der Waals surface area contributed by atoms with Crippen LogP contribution in [0.4, 0.5) is 5.13 Å². The highest BCUT2D eigenvalue weighted by Gasteiger charge is 2.36. The molecule has 0 saturated carbocycles. The van der Waals surface area contributed by atoms with E-state index in [2.05, 4.69) is 21.4 Å². The van der Waals surface area contributed by atoms with E-state index < -0.39 is 11.5 Å². The number of halogens is 1. The molecule has 35 heavy (non-hydrogen) atoms. The SMILES string of the molecule is COC1C(Sc2cc(Cl)cnc2C2=CCNCC2)OCCOC[C@H]1N(N)/C=C(\N)c1csc(N)n1. The van der Waals surface area contributed by atoms with Crippen LogP contribution in [0.3, 0.4) is 0 Å². The van der Waals surface area contributed by atoms with Gasteiger partial charge in [-0.05, 0) is 24.6 Å². The Hall–Kier alpha value is -1.90. The van der Waals surface area contributed by atoms with Gasteiger partial charge in [0.2, 0.25) is 0 Å². The Kier molecular flexibility index (Phi) is 9.25. The zero-order valence-corrected chi connectivity index (χ0v) is 21.7. The number of rotatable bonds is 7. The molecule has 0 aromatic carbocycles. The summed E-state index contributed by atoms with van der Waals surface area (Å²) in [5.41, 5.74) is 14.6. The van der Waals surface area contributed by atoms with Crippen molar-refractivity contribution in [2.75, 3.05) is 45.8 Å². The maximum atomic E-state index is 6.45. The van der Waals surface area contributed by atoms with Gasteiger partial charge < -0.3 is 36.0 Å². The van der Waals surface area contributed by atoms with E-state index in [1.54, 1.807) is 24.9 Å². The molecule has 13 heteroatoms. The number of aromatic nitrogens is 2. The molecule has 4 heterocycles. The molecule has 2 aromatic rings. The van der Waals surface area contributed by atoms with Gasteiger partial charge in [-0.2, -0.15) is 0 Å². The van der Waals surface area contributed by atoms with Crippen LogP contribution >= 0.6 is 34.7 Å². The smallest absolute Gasteiger partial charge is 0.180 e. The summed E-state index contributed by atoms with van der Waals surface area (Å²) in [4.78, 5) is 9.78. The molecule has 2 aromatic heterocycles. The summed E-state index contributed by atoms with van der Waals surface area (Å²) >= 11 is 9.17. The van der Waals surface area contributed by atoms with Gasteiger partial charge in [0.05, 0.1) is 42.3 Å². The number of hydrogen-bond acceptors (Lipinski definition) is 12. The van der Waals surface area contributed by atoms with Crippen LogP contribution in [0.15, 0.2) is 34.8 Å². The average molecular weight is 540 g/mol. The monoisotopic (exact) mass is 539 g/mol. The largest absolute Gasteiger partial charge is 0.396 e. The molecular formula is C22H30ClN7O3S2. The number of hydrazine groups is 1. The molecule has 4 rings (SSSR count). The lowest BCUT2D eigenvalue weighted by atomic mass is 10.1. The molecule has 1 saturated heterocycles. The molecule has 190 valence electrons. The maximum absolute atomic E-state index is 6.45. The molecule has 3 atom stereocenters. The third kappa shape index (κ3) is 6.66. The molecule has 1 fully saturated rings. The number of nitrogens with one attached hydrogen (secondary N) is 1. The second kappa shape index (κ2) is 12.4. The fourth-order valence-electron chi connectivity index (χ4n) is 3.88. The third-order valence-electron chi connectivity index (χ3n) is 5.64. The summed E-state index contributed by atoms with van der Waals surface area (Å²) in [6.07, 6.45) is 5.88. The molecule has 10 nitrogen and oxygen atoms in total. The van der Waals surface area contributed by atoms with Crippen molar-refractivity contribution in [3.63, 3.8) is 0 Å². The van der Waals surface area contributed by atoms with Crippen molar-refractivity contribution in [2.24, 2.45) is 11.6 Å². The first kappa shape index (κ1) is 26.2. The van der Waals surface area contributed by atoms with E-state index in [9.17, 15) is 0 Å². The molecule has 0 spiro atoms. The number of methoxy groups -OCH3 is 1. The minimum atomic E-state index is -0.455. The molecule has 0 amide bonds. The van der Waals surface area contributed by atoms with E-state index in [4.69, 9.17) is 43.1 Å². The molecular weight excluding hydrogens is 510 g/mol. The number of hydrogen-bond donors (Lipinski definition) is 4. The molecule has 7 N–H and O–H groups in total. The highest BCUT2D eigenvalue weighted by molar-refractivity contribution is 7.99. The standard InChI is InChI=1S/C22H30ClN7O3S2/c1-31-20-17(30(26)10-15(24)16-12-34-22(25)29-16)11-32-6-7-33-21(20)35-18-8-14(23)9-28-19(18)13-2-4-27-5-3-13/h2,8-10,12,17,20-21,27H,3-7,11,24,26H2,1H3,(H2,25,29)/b15-10-/t17-,20?,21?/m1/s1. The number of pyridine rings is 1. The summed E-state index contributed by atoms with van der Waals surface area (Å²) in [6, 6.07) is 1.53. The van der Waals surface area contributed by atoms with Crippen LogP contribution in [0.25, 0.3) is 11.3 Å². The van der Waals surface area contributed by atoms with Crippen LogP contribution in [0.2, 0.25) is 5.02 Å². The first-order chi connectivity index (χ1) is 17.0. The summed E-state index contributed by atoms with van der Waals surface area (Å²) < 4.78 is 17.9. The number of thiazole rings is 1. The number of nitrogens with two attached hydrogens (primary N) is 3. The first-order valence-electron chi connectivity index (χ1n) is 11.1. The van der Waals surface area contributed by atoms with E-state index in [0.717, 1.165) is 30.1 Å². The molecule has 2 aliphatic heterocycles. The van der Waals surface area contributed by atoms with Gasteiger partial charge in [0, 0.05) is 36.3 Å².